The third-order valence-corrected chi connectivity index (χ3v) is 6.96. The van der Waals surface area contributed by atoms with Crippen LogP contribution in [0.2, 0.25) is 0 Å². The van der Waals surface area contributed by atoms with Crippen molar-refractivity contribution in [3.63, 3.8) is 0 Å². The van der Waals surface area contributed by atoms with E-state index < -0.39 is 5.91 Å². The number of hydrogen-bond acceptors (Lipinski definition) is 5. The Hall–Kier alpha value is -2.71. The van der Waals surface area contributed by atoms with E-state index in [2.05, 4.69) is 0 Å². The summed E-state index contributed by atoms with van der Waals surface area (Å²) < 4.78 is 0. The summed E-state index contributed by atoms with van der Waals surface area (Å²) in [5.74, 6) is -0.750. The number of imide groups is 1. The van der Waals surface area contributed by atoms with Gasteiger partial charge in [-0.15, -0.1) is 11.3 Å². The summed E-state index contributed by atoms with van der Waals surface area (Å²) in [7, 11) is 0. The molecule has 4 rings (SSSR count). The topological polar surface area (TPSA) is 89.9 Å². The first-order valence-electron chi connectivity index (χ1n) is 10.3. The summed E-state index contributed by atoms with van der Waals surface area (Å²) in [5, 5.41) is 10.8. The van der Waals surface area contributed by atoms with Crippen molar-refractivity contribution in [3.05, 3.63) is 57.8 Å². The average Bonchev–Trinajstić information content (AvgIpc) is 3.30. The van der Waals surface area contributed by atoms with Crippen LogP contribution in [-0.2, 0) is 17.8 Å². The second kappa shape index (κ2) is 8.97. The van der Waals surface area contributed by atoms with Gasteiger partial charge in [-0.3, -0.25) is 19.7 Å². The van der Waals surface area contributed by atoms with Crippen LogP contribution in [0.25, 0.3) is 0 Å². The number of nitrogens with zero attached hydrogens (tertiary/aromatic N) is 2. The number of hydrogen-bond donors (Lipinski definition) is 2. The van der Waals surface area contributed by atoms with Gasteiger partial charge in [-0.05, 0) is 48.4 Å². The molecular formula is C22H25N3O4S. The standard InChI is InChI=1S/C22H25N3O4S/c26-20(23-29)16-9-7-15(8-10-16)14-25-19-6-2-1-5-18(19)21(27)24(22(25)28)12-11-17-4-3-13-30-17/h3-4,7-10,13,18-19,29H,1-2,5-6,11-12,14H2,(H,23,26). The zero-order chi connectivity index (χ0) is 21.1. The maximum Gasteiger partial charge on any atom is 0.327 e. The molecule has 1 saturated heterocycles. The predicted octanol–water partition coefficient (Wildman–Crippen LogP) is 3.43. The van der Waals surface area contributed by atoms with Gasteiger partial charge >= 0.3 is 6.03 Å². The first-order chi connectivity index (χ1) is 14.6. The van der Waals surface area contributed by atoms with Crippen LogP contribution in [-0.4, -0.2) is 45.4 Å². The van der Waals surface area contributed by atoms with Gasteiger partial charge in [-0.2, -0.15) is 0 Å². The van der Waals surface area contributed by atoms with Crippen molar-refractivity contribution in [2.24, 2.45) is 5.92 Å². The number of benzene rings is 1. The Morgan fingerprint density at radius 2 is 1.90 bits per heavy atom. The van der Waals surface area contributed by atoms with Gasteiger partial charge in [-0.1, -0.05) is 31.0 Å². The molecule has 1 aromatic heterocycles. The number of hydroxylamine groups is 1. The molecule has 1 aliphatic heterocycles. The van der Waals surface area contributed by atoms with Gasteiger partial charge in [0.1, 0.15) is 0 Å². The smallest absolute Gasteiger partial charge is 0.316 e. The highest BCUT2D eigenvalue weighted by Gasteiger charge is 2.46. The summed E-state index contributed by atoms with van der Waals surface area (Å²) in [4.78, 5) is 42.4. The highest BCUT2D eigenvalue weighted by molar-refractivity contribution is 7.09. The molecule has 0 radical (unpaired) electrons. The van der Waals surface area contributed by atoms with E-state index in [9.17, 15) is 14.4 Å². The van der Waals surface area contributed by atoms with Crippen LogP contribution in [0.5, 0.6) is 0 Å². The van der Waals surface area contributed by atoms with E-state index in [4.69, 9.17) is 5.21 Å². The third-order valence-electron chi connectivity index (χ3n) is 6.02. The molecule has 4 amide bonds. The molecule has 0 spiro atoms. The lowest BCUT2D eigenvalue weighted by Gasteiger charge is -2.47. The largest absolute Gasteiger partial charge is 0.327 e. The quantitative estimate of drug-likeness (QED) is 0.546. The van der Waals surface area contributed by atoms with Gasteiger partial charge in [0.15, 0.2) is 0 Å². The molecule has 2 heterocycles. The highest BCUT2D eigenvalue weighted by Crippen LogP contribution is 2.35. The van der Waals surface area contributed by atoms with Crippen LogP contribution < -0.4 is 5.48 Å². The van der Waals surface area contributed by atoms with Gasteiger partial charge in [0.2, 0.25) is 5.91 Å². The summed E-state index contributed by atoms with van der Waals surface area (Å²) in [5.41, 5.74) is 2.84. The maximum absolute atomic E-state index is 13.3. The first-order valence-corrected chi connectivity index (χ1v) is 11.1. The zero-order valence-corrected chi connectivity index (χ0v) is 17.4. The lowest BCUT2D eigenvalue weighted by molar-refractivity contribution is -0.140. The molecule has 2 unspecified atom stereocenters. The minimum Gasteiger partial charge on any atom is -0.316 e. The van der Waals surface area contributed by atoms with Crippen molar-refractivity contribution in [1.82, 2.24) is 15.3 Å². The summed E-state index contributed by atoms with van der Waals surface area (Å²) in [6.45, 7) is 0.789. The van der Waals surface area contributed by atoms with Gasteiger partial charge < -0.3 is 4.90 Å². The predicted molar refractivity (Wildman–Crippen MR) is 112 cm³/mol. The Morgan fingerprint density at radius 1 is 1.13 bits per heavy atom. The van der Waals surface area contributed by atoms with E-state index in [0.717, 1.165) is 36.1 Å². The highest BCUT2D eigenvalue weighted by atomic mass is 32.1. The maximum atomic E-state index is 13.3. The monoisotopic (exact) mass is 427 g/mol. The van der Waals surface area contributed by atoms with Crippen LogP contribution >= 0.6 is 11.3 Å². The molecule has 0 bridgehead atoms. The molecule has 2 N–H and O–H groups in total. The number of rotatable bonds is 6. The van der Waals surface area contributed by atoms with Gasteiger partial charge in [0.05, 0.1) is 5.92 Å². The number of carbonyl (C=O) groups excluding carboxylic acids is 3. The number of amides is 4. The fourth-order valence-electron chi connectivity index (χ4n) is 4.45. The summed E-state index contributed by atoms with van der Waals surface area (Å²) in [6.07, 6.45) is 4.36. The number of urea groups is 1. The van der Waals surface area contributed by atoms with Crippen molar-refractivity contribution >= 4 is 29.2 Å². The van der Waals surface area contributed by atoms with E-state index in [1.165, 1.54) is 4.90 Å². The van der Waals surface area contributed by atoms with Crippen LogP contribution in [0.4, 0.5) is 4.79 Å². The molecule has 2 aromatic rings. The molecule has 1 aromatic carbocycles. The first kappa shape index (κ1) is 20.6. The number of carbonyl (C=O) groups is 3. The lowest BCUT2D eigenvalue weighted by Crippen LogP contribution is -2.62. The fourth-order valence-corrected chi connectivity index (χ4v) is 5.15. The minimum absolute atomic E-state index is 0.0347. The molecule has 2 aliphatic rings. The van der Waals surface area contributed by atoms with Crippen LogP contribution in [0.1, 0.15) is 46.5 Å². The second-order valence-electron chi connectivity index (χ2n) is 7.83. The van der Waals surface area contributed by atoms with Crippen molar-refractivity contribution in [1.29, 1.82) is 0 Å². The zero-order valence-electron chi connectivity index (χ0n) is 16.6. The number of thiophene rings is 1. The fraction of sp³-hybridized carbons (Fsp3) is 0.409. The normalized spacial score (nSPS) is 21.5. The molecular weight excluding hydrogens is 402 g/mol. The number of nitrogens with one attached hydrogen (secondary N) is 1. The molecule has 1 aliphatic carbocycles. The second-order valence-corrected chi connectivity index (χ2v) is 8.86. The van der Waals surface area contributed by atoms with Crippen molar-refractivity contribution < 1.29 is 19.6 Å². The Bertz CT molecular complexity index is 913. The van der Waals surface area contributed by atoms with Crippen molar-refractivity contribution in [3.8, 4) is 0 Å². The van der Waals surface area contributed by atoms with Gasteiger partial charge in [0, 0.05) is 29.6 Å². The molecule has 30 heavy (non-hydrogen) atoms. The summed E-state index contributed by atoms with van der Waals surface area (Å²) in [6, 6.07) is 10.5. The number of fused-ring (bicyclic) bond motifs is 1. The summed E-state index contributed by atoms with van der Waals surface area (Å²) >= 11 is 1.63. The van der Waals surface area contributed by atoms with E-state index in [1.807, 2.05) is 22.4 Å². The van der Waals surface area contributed by atoms with E-state index in [1.54, 1.807) is 41.1 Å². The van der Waals surface area contributed by atoms with E-state index in [-0.39, 0.29) is 23.9 Å². The third kappa shape index (κ3) is 4.11. The minimum atomic E-state index is -0.576. The molecule has 8 heteroatoms. The molecule has 1 saturated carbocycles. The molecule has 7 nitrogen and oxygen atoms in total. The molecule has 158 valence electrons. The Balaban J connectivity index is 1.53. The van der Waals surface area contributed by atoms with Crippen LogP contribution in [0.15, 0.2) is 41.8 Å². The van der Waals surface area contributed by atoms with Crippen molar-refractivity contribution in [2.45, 2.75) is 44.7 Å². The van der Waals surface area contributed by atoms with E-state index >= 15 is 0 Å². The Kier molecular flexibility index (Phi) is 6.15. The Labute approximate surface area is 179 Å². The lowest BCUT2D eigenvalue weighted by atomic mass is 9.81. The molecule has 2 fully saturated rings. The van der Waals surface area contributed by atoms with Gasteiger partial charge in [0.25, 0.3) is 5.91 Å². The Morgan fingerprint density at radius 3 is 2.60 bits per heavy atom. The van der Waals surface area contributed by atoms with Gasteiger partial charge in [-0.25, -0.2) is 10.3 Å². The van der Waals surface area contributed by atoms with Crippen LogP contribution in [0, 0.1) is 5.92 Å². The SMILES string of the molecule is O=C(NO)c1ccc(CN2C(=O)N(CCc3cccs3)C(=O)C3CCCCC32)cc1. The van der Waals surface area contributed by atoms with Crippen molar-refractivity contribution in [2.75, 3.05) is 6.54 Å². The van der Waals surface area contributed by atoms with Crippen LogP contribution in [0.3, 0.4) is 0 Å². The molecule has 2 atom stereocenters. The average molecular weight is 428 g/mol. The van der Waals surface area contributed by atoms with E-state index in [0.29, 0.717) is 25.1 Å².